The highest BCUT2D eigenvalue weighted by molar-refractivity contribution is 7.93. The van der Waals surface area contributed by atoms with Gasteiger partial charge in [-0.1, -0.05) is 37.1 Å². The number of nitrogen functional groups attached to an aromatic ring is 1. The molecular weight excluding hydrogens is 882 g/mol. The van der Waals surface area contributed by atoms with Crippen molar-refractivity contribution in [3.63, 3.8) is 0 Å². The van der Waals surface area contributed by atoms with E-state index in [0.717, 1.165) is 24.8 Å². The Hall–Kier alpha value is -7.29. The number of hydrogen-bond acceptors (Lipinski definition) is 11. The molecule has 2 aliphatic rings. The number of amides is 4. The van der Waals surface area contributed by atoms with E-state index in [-0.39, 0.29) is 60.8 Å². The number of halogens is 3. The molecule has 17 nitrogen and oxygen atoms in total. The standard InChI is InChI=1S/C45H45F3N10O7S/c1-25(26-11-14-29(46)15-12-26)65-36-20-27(13-16-34(36)55-66(63,64)45(47)48)40-39-41(56(2)54-40)31(22-50-42(39)49)28-21-51-57(23-28)19-6-4-3-5-10-37(59)52-33-9-7-8-30-32(33)24-58(44(30)62)35-17-18-38(60)53-43(35)61/h7-9,11-16,20-23,25,35,45,55H,3-6,10,17-19,24H2,1-2H3,(H2,49,50)(H,52,59)(H,53,60,61). The van der Waals surface area contributed by atoms with Crippen LogP contribution in [0.5, 0.6) is 5.75 Å². The van der Waals surface area contributed by atoms with Crippen LogP contribution in [0.1, 0.15) is 79.5 Å². The van der Waals surface area contributed by atoms with Gasteiger partial charge in [-0.25, -0.2) is 17.8 Å². The first-order valence-corrected chi connectivity index (χ1v) is 22.7. The average Bonchev–Trinajstić information content (AvgIpc) is 3.99. The Morgan fingerprint density at radius 1 is 0.985 bits per heavy atom. The summed E-state index contributed by atoms with van der Waals surface area (Å²) in [7, 11) is -3.34. The molecule has 0 saturated carbocycles. The number of fused-ring (bicyclic) bond motifs is 2. The molecular formula is C45H45F3N10O7S. The van der Waals surface area contributed by atoms with Gasteiger partial charge in [0.15, 0.2) is 0 Å². The second kappa shape index (κ2) is 18.7. The van der Waals surface area contributed by atoms with Crippen LogP contribution in [-0.2, 0) is 44.5 Å². The number of imide groups is 1. The number of rotatable bonds is 17. The lowest BCUT2D eigenvalue weighted by molar-refractivity contribution is -0.137. The van der Waals surface area contributed by atoms with Gasteiger partial charge < -0.3 is 20.7 Å². The van der Waals surface area contributed by atoms with E-state index in [4.69, 9.17) is 15.6 Å². The molecule has 0 radical (unpaired) electrons. The molecule has 2 aliphatic heterocycles. The number of ether oxygens (including phenoxy) is 1. The van der Waals surface area contributed by atoms with E-state index >= 15 is 0 Å². The highest BCUT2D eigenvalue weighted by Gasteiger charge is 2.40. The highest BCUT2D eigenvalue weighted by Crippen LogP contribution is 2.41. The number of nitrogens with two attached hydrogens (primary N) is 1. The Labute approximate surface area is 376 Å². The molecule has 3 aromatic heterocycles. The van der Waals surface area contributed by atoms with Crippen molar-refractivity contribution in [1.82, 2.24) is 34.8 Å². The number of unbranched alkanes of at least 4 members (excludes halogenated alkanes) is 3. The number of pyridine rings is 1. The van der Waals surface area contributed by atoms with Crippen molar-refractivity contribution in [2.24, 2.45) is 7.05 Å². The number of aryl methyl sites for hydroxylation is 2. The fourth-order valence-electron chi connectivity index (χ4n) is 8.24. The van der Waals surface area contributed by atoms with E-state index in [1.807, 2.05) is 15.6 Å². The third kappa shape index (κ3) is 9.42. The Bertz CT molecular complexity index is 2980. The quantitative estimate of drug-likeness (QED) is 0.0558. The van der Waals surface area contributed by atoms with Gasteiger partial charge in [0.1, 0.15) is 35.2 Å². The molecule has 0 aliphatic carbocycles. The Balaban J connectivity index is 0.898. The number of benzene rings is 3. The predicted molar refractivity (Wildman–Crippen MR) is 238 cm³/mol. The summed E-state index contributed by atoms with van der Waals surface area (Å²) in [4.78, 5) is 56.1. The van der Waals surface area contributed by atoms with Gasteiger partial charge in [-0.3, -0.25) is 38.6 Å². The summed E-state index contributed by atoms with van der Waals surface area (Å²) in [6, 6.07) is 14.0. The molecule has 8 rings (SSSR count). The number of nitrogens with zero attached hydrogens (tertiary/aromatic N) is 6. The van der Waals surface area contributed by atoms with Gasteiger partial charge in [0.2, 0.25) is 17.7 Å². The number of alkyl halides is 2. The first kappa shape index (κ1) is 45.3. The highest BCUT2D eigenvalue weighted by atomic mass is 32.2. The van der Waals surface area contributed by atoms with Crippen LogP contribution in [-0.4, -0.2) is 73.3 Å². The number of sulfonamides is 1. The normalized spacial score (nSPS) is 15.6. The summed E-state index contributed by atoms with van der Waals surface area (Å²) in [5.74, 6) is -5.46. The minimum atomic E-state index is -5.07. The molecule has 5 heterocycles. The second-order valence-corrected chi connectivity index (χ2v) is 17.8. The van der Waals surface area contributed by atoms with Crippen molar-refractivity contribution in [2.45, 2.75) is 82.9 Å². The van der Waals surface area contributed by atoms with Crippen molar-refractivity contribution >= 4 is 61.7 Å². The average molecular weight is 927 g/mol. The van der Waals surface area contributed by atoms with Gasteiger partial charge in [-0.05, 0) is 68.1 Å². The zero-order valence-electron chi connectivity index (χ0n) is 35.8. The largest absolute Gasteiger partial charge is 0.484 e. The topological polar surface area (TPSA) is 226 Å². The molecule has 0 spiro atoms. The van der Waals surface area contributed by atoms with Crippen molar-refractivity contribution in [3.05, 3.63) is 102 Å². The van der Waals surface area contributed by atoms with Crippen LogP contribution in [0.4, 0.5) is 30.4 Å². The van der Waals surface area contributed by atoms with Crippen molar-refractivity contribution in [3.8, 4) is 28.1 Å². The molecule has 1 saturated heterocycles. The first-order chi connectivity index (χ1) is 31.6. The van der Waals surface area contributed by atoms with Crippen molar-refractivity contribution in [1.29, 1.82) is 0 Å². The van der Waals surface area contributed by atoms with Crippen molar-refractivity contribution < 1.29 is 45.5 Å². The summed E-state index contributed by atoms with van der Waals surface area (Å²) < 4.78 is 76.3. The van der Waals surface area contributed by atoms with E-state index in [1.165, 1.54) is 47.4 Å². The maximum Gasteiger partial charge on any atom is 0.355 e. The second-order valence-electron chi connectivity index (χ2n) is 16.1. The molecule has 344 valence electrons. The number of hydrogen-bond donors (Lipinski definition) is 4. The summed E-state index contributed by atoms with van der Waals surface area (Å²) in [5.41, 5.74) is 11.2. The van der Waals surface area contributed by atoms with Crippen LogP contribution in [0.15, 0.2) is 79.3 Å². The van der Waals surface area contributed by atoms with E-state index in [1.54, 1.807) is 49.2 Å². The van der Waals surface area contributed by atoms with Crippen LogP contribution >= 0.6 is 0 Å². The van der Waals surface area contributed by atoms with Crippen LogP contribution < -0.4 is 25.8 Å². The van der Waals surface area contributed by atoms with Crippen LogP contribution in [0.2, 0.25) is 0 Å². The maximum absolute atomic E-state index is 13.6. The SMILES string of the molecule is CC(Oc1cc(-c2nn(C)c3c(-c4cnn(CCCCCCC(=O)Nc5cccc6c5CN(C5CCC(=O)NC5=O)C6=O)c4)cnc(N)c23)ccc1NS(=O)(=O)C(F)F)c1ccc(F)cc1. The van der Waals surface area contributed by atoms with E-state index < -0.39 is 39.7 Å². The number of piperidine rings is 1. The minimum absolute atomic E-state index is 0.0880. The molecule has 6 aromatic rings. The molecule has 1 fully saturated rings. The third-order valence-corrected chi connectivity index (χ3v) is 12.6. The number of carbonyl (C=O) groups excluding carboxylic acids is 4. The predicted octanol–water partition coefficient (Wildman–Crippen LogP) is 6.67. The van der Waals surface area contributed by atoms with E-state index in [9.17, 15) is 40.8 Å². The van der Waals surface area contributed by atoms with Crippen LogP contribution in [0, 0.1) is 5.82 Å². The van der Waals surface area contributed by atoms with Crippen LogP contribution in [0.3, 0.4) is 0 Å². The Morgan fingerprint density at radius 3 is 2.52 bits per heavy atom. The molecule has 4 amide bonds. The number of nitrogens with one attached hydrogen (secondary N) is 3. The third-order valence-electron chi connectivity index (χ3n) is 11.6. The van der Waals surface area contributed by atoms with Gasteiger partial charge in [-0.15, -0.1) is 0 Å². The number of aromatic nitrogens is 5. The minimum Gasteiger partial charge on any atom is -0.484 e. The maximum atomic E-state index is 13.6. The van der Waals surface area contributed by atoms with Gasteiger partial charge in [0.25, 0.3) is 15.9 Å². The lowest BCUT2D eigenvalue weighted by Crippen LogP contribution is -2.52. The van der Waals surface area contributed by atoms with Gasteiger partial charge in [0.05, 0.1) is 22.8 Å². The molecule has 66 heavy (non-hydrogen) atoms. The lowest BCUT2D eigenvalue weighted by Gasteiger charge is -2.29. The fourth-order valence-corrected chi connectivity index (χ4v) is 8.81. The number of carbonyl (C=O) groups is 4. The van der Waals surface area contributed by atoms with Gasteiger partial charge in [-0.2, -0.15) is 19.0 Å². The molecule has 3 aromatic carbocycles. The zero-order valence-corrected chi connectivity index (χ0v) is 36.6. The van der Waals surface area contributed by atoms with Crippen LogP contribution in [0.25, 0.3) is 33.3 Å². The fraction of sp³-hybridized carbons (Fsp3) is 0.311. The Kier molecular flexibility index (Phi) is 12.8. The molecule has 2 unspecified atom stereocenters. The lowest BCUT2D eigenvalue weighted by atomic mass is 10.0. The summed E-state index contributed by atoms with van der Waals surface area (Å²) in [6.07, 6.45) is 8.16. The molecule has 0 bridgehead atoms. The monoisotopic (exact) mass is 926 g/mol. The molecule has 2 atom stereocenters. The molecule has 5 N–H and O–H groups in total. The summed E-state index contributed by atoms with van der Waals surface area (Å²) in [5, 5.41) is 15.0. The van der Waals surface area contributed by atoms with E-state index in [0.29, 0.717) is 63.1 Å². The Morgan fingerprint density at radius 2 is 1.76 bits per heavy atom. The molecule has 21 heteroatoms. The van der Waals surface area contributed by atoms with Gasteiger partial charge >= 0.3 is 5.76 Å². The summed E-state index contributed by atoms with van der Waals surface area (Å²) >= 11 is 0. The van der Waals surface area contributed by atoms with Crippen molar-refractivity contribution in [2.75, 3.05) is 15.8 Å². The summed E-state index contributed by atoms with van der Waals surface area (Å²) in [6.45, 7) is 2.40. The van der Waals surface area contributed by atoms with E-state index in [2.05, 4.69) is 20.7 Å². The van der Waals surface area contributed by atoms with Gasteiger partial charge in [0, 0.05) is 78.9 Å². The number of anilines is 3. The first-order valence-electron chi connectivity index (χ1n) is 21.1. The smallest absolute Gasteiger partial charge is 0.355 e. The zero-order chi connectivity index (χ0) is 46.9.